The number of ether oxygens (including phenoxy) is 2. The second-order valence-electron chi connectivity index (χ2n) is 8.74. The molecule has 33 heavy (non-hydrogen) atoms. The van der Waals surface area contributed by atoms with Gasteiger partial charge in [0.2, 0.25) is 10.0 Å². The average Bonchev–Trinajstić information content (AvgIpc) is 2.85. The number of amides is 1. The fraction of sp³-hybridized carbons (Fsp3) is 0.480. The number of carbonyl (C=O) groups is 1. The highest BCUT2D eigenvalue weighted by Gasteiger charge is 2.45. The maximum Gasteiger partial charge on any atom is 0.253 e. The fourth-order valence-electron chi connectivity index (χ4n) is 4.89. The smallest absolute Gasteiger partial charge is 0.253 e. The highest BCUT2D eigenvalue weighted by atomic mass is 32.2. The van der Waals surface area contributed by atoms with Crippen LogP contribution >= 0.6 is 0 Å². The Balaban J connectivity index is 1.44. The van der Waals surface area contributed by atoms with Gasteiger partial charge in [-0.1, -0.05) is 30.3 Å². The third-order valence-corrected chi connectivity index (χ3v) is 8.12. The second kappa shape index (κ2) is 9.93. The van der Waals surface area contributed by atoms with Crippen molar-refractivity contribution in [1.29, 1.82) is 0 Å². The van der Waals surface area contributed by atoms with E-state index in [2.05, 4.69) is 16.9 Å². The maximum absolute atomic E-state index is 13.0. The van der Waals surface area contributed by atoms with Crippen molar-refractivity contribution in [3.05, 3.63) is 65.7 Å². The topological polar surface area (TPSA) is 84.9 Å². The molecule has 178 valence electrons. The van der Waals surface area contributed by atoms with Crippen LogP contribution in [0.2, 0.25) is 0 Å². The SMILES string of the molecule is CCO[C@@H]1C[C@H](c2ccccc2)OC2(CCN(C(=O)c3ccc(S(=O)(=O)NC)cc3)CC2)C1. The van der Waals surface area contributed by atoms with Gasteiger partial charge in [0.25, 0.3) is 5.91 Å². The molecule has 0 saturated carbocycles. The minimum absolute atomic E-state index is 0.0135. The van der Waals surface area contributed by atoms with Crippen LogP contribution in [0.15, 0.2) is 59.5 Å². The molecule has 7 nitrogen and oxygen atoms in total. The minimum atomic E-state index is -3.53. The summed E-state index contributed by atoms with van der Waals surface area (Å²) in [5, 5.41) is 0. The molecule has 4 rings (SSSR count). The zero-order chi connectivity index (χ0) is 23.5. The molecular formula is C25H32N2O5S. The Morgan fingerprint density at radius 3 is 2.39 bits per heavy atom. The summed E-state index contributed by atoms with van der Waals surface area (Å²) in [5.41, 5.74) is 1.34. The van der Waals surface area contributed by atoms with Gasteiger partial charge in [-0.2, -0.15) is 0 Å². The van der Waals surface area contributed by atoms with E-state index in [0.717, 1.165) is 31.2 Å². The molecule has 2 aromatic carbocycles. The molecule has 0 aliphatic carbocycles. The summed E-state index contributed by atoms with van der Waals surface area (Å²) in [6.45, 7) is 3.88. The summed E-state index contributed by atoms with van der Waals surface area (Å²) in [7, 11) is -2.16. The molecule has 0 radical (unpaired) electrons. The van der Waals surface area contributed by atoms with Crippen LogP contribution in [-0.4, -0.2) is 57.7 Å². The van der Waals surface area contributed by atoms with Crippen molar-refractivity contribution in [3.8, 4) is 0 Å². The highest BCUT2D eigenvalue weighted by molar-refractivity contribution is 7.89. The number of likely N-dealkylation sites (tertiary alicyclic amines) is 1. The Hall–Kier alpha value is -2.26. The molecule has 0 bridgehead atoms. The molecule has 2 aliphatic heterocycles. The van der Waals surface area contributed by atoms with Crippen LogP contribution in [0.1, 0.15) is 54.6 Å². The van der Waals surface area contributed by atoms with E-state index in [0.29, 0.717) is 25.3 Å². The molecular weight excluding hydrogens is 440 g/mol. The normalized spacial score (nSPS) is 22.9. The predicted octanol–water partition coefficient (Wildman–Crippen LogP) is 3.53. The molecule has 0 aromatic heterocycles. The lowest BCUT2D eigenvalue weighted by Crippen LogP contribution is -2.52. The molecule has 8 heteroatoms. The number of hydrogen-bond donors (Lipinski definition) is 1. The summed E-state index contributed by atoms with van der Waals surface area (Å²) in [4.78, 5) is 15.0. The van der Waals surface area contributed by atoms with Crippen LogP contribution in [0.5, 0.6) is 0 Å². The van der Waals surface area contributed by atoms with Crippen LogP contribution < -0.4 is 4.72 Å². The van der Waals surface area contributed by atoms with E-state index < -0.39 is 10.0 Å². The van der Waals surface area contributed by atoms with Crippen molar-refractivity contribution in [2.45, 2.75) is 55.3 Å². The van der Waals surface area contributed by atoms with Gasteiger partial charge >= 0.3 is 0 Å². The van der Waals surface area contributed by atoms with Crippen molar-refractivity contribution in [2.24, 2.45) is 0 Å². The average molecular weight is 473 g/mol. The molecule has 1 spiro atoms. The number of benzene rings is 2. The maximum atomic E-state index is 13.0. The van der Waals surface area contributed by atoms with Gasteiger partial charge in [0, 0.05) is 38.1 Å². The molecule has 1 N–H and O–H groups in total. The van der Waals surface area contributed by atoms with Crippen molar-refractivity contribution in [2.75, 3.05) is 26.7 Å². The summed E-state index contributed by atoms with van der Waals surface area (Å²) in [6.07, 6.45) is 3.29. The van der Waals surface area contributed by atoms with E-state index in [9.17, 15) is 13.2 Å². The van der Waals surface area contributed by atoms with Gasteiger partial charge in [0.15, 0.2) is 0 Å². The van der Waals surface area contributed by atoms with Crippen LogP contribution in [0.4, 0.5) is 0 Å². The van der Waals surface area contributed by atoms with Gasteiger partial charge in [-0.3, -0.25) is 4.79 Å². The third-order valence-electron chi connectivity index (χ3n) is 6.68. The van der Waals surface area contributed by atoms with Crippen molar-refractivity contribution in [1.82, 2.24) is 9.62 Å². The Morgan fingerprint density at radius 2 is 1.79 bits per heavy atom. The quantitative estimate of drug-likeness (QED) is 0.695. The lowest BCUT2D eigenvalue weighted by atomic mass is 9.80. The molecule has 2 heterocycles. The molecule has 2 saturated heterocycles. The van der Waals surface area contributed by atoms with Gasteiger partial charge in [-0.15, -0.1) is 0 Å². The van der Waals surface area contributed by atoms with E-state index >= 15 is 0 Å². The zero-order valence-corrected chi connectivity index (χ0v) is 20.0. The molecule has 2 fully saturated rings. The largest absolute Gasteiger partial charge is 0.378 e. The Bertz CT molecular complexity index is 1050. The van der Waals surface area contributed by atoms with Crippen LogP contribution in [0.3, 0.4) is 0 Å². The minimum Gasteiger partial charge on any atom is -0.378 e. The Kier molecular flexibility index (Phi) is 7.19. The fourth-order valence-corrected chi connectivity index (χ4v) is 5.62. The molecule has 0 unspecified atom stereocenters. The van der Waals surface area contributed by atoms with Crippen molar-refractivity contribution >= 4 is 15.9 Å². The lowest BCUT2D eigenvalue weighted by Gasteiger charge is -2.48. The highest BCUT2D eigenvalue weighted by Crippen LogP contribution is 2.44. The van der Waals surface area contributed by atoms with E-state index in [4.69, 9.17) is 9.47 Å². The standard InChI is InChI=1S/C25H32N2O5S/c1-3-31-21-17-23(19-7-5-4-6-8-19)32-25(18-21)13-15-27(16-14-25)24(28)20-9-11-22(12-10-20)33(29,30)26-2/h4-12,21,23,26H,3,13-18H2,1-2H3/t21-,23-/m1/s1. The summed E-state index contributed by atoms with van der Waals surface area (Å²) >= 11 is 0. The number of nitrogens with zero attached hydrogens (tertiary/aromatic N) is 1. The van der Waals surface area contributed by atoms with Gasteiger partial charge < -0.3 is 14.4 Å². The third kappa shape index (κ3) is 5.30. The van der Waals surface area contributed by atoms with Crippen LogP contribution in [0, 0.1) is 0 Å². The first-order valence-electron chi connectivity index (χ1n) is 11.5. The second-order valence-corrected chi connectivity index (χ2v) is 10.6. The van der Waals surface area contributed by atoms with E-state index in [1.54, 1.807) is 12.1 Å². The number of carbonyl (C=O) groups excluding carboxylic acids is 1. The van der Waals surface area contributed by atoms with E-state index in [1.807, 2.05) is 30.0 Å². The number of hydrogen-bond acceptors (Lipinski definition) is 5. The Labute approximate surface area is 196 Å². The summed E-state index contributed by atoms with van der Waals surface area (Å²) < 4.78 is 38.9. The first-order valence-corrected chi connectivity index (χ1v) is 13.0. The van der Waals surface area contributed by atoms with Crippen molar-refractivity contribution < 1.29 is 22.7 Å². The lowest BCUT2D eigenvalue weighted by molar-refractivity contribution is -0.190. The first kappa shape index (κ1) is 23.9. The van der Waals surface area contributed by atoms with Gasteiger partial charge in [-0.25, -0.2) is 13.1 Å². The van der Waals surface area contributed by atoms with Crippen LogP contribution in [0.25, 0.3) is 0 Å². The molecule has 2 aliphatic rings. The molecule has 2 aromatic rings. The summed E-state index contributed by atoms with van der Waals surface area (Å²) in [6, 6.07) is 16.3. The number of nitrogens with one attached hydrogen (secondary N) is 1. The predicted molar refractivity (Wildman–Crippen MR) is 125 cm³/mol. The summed E-state index contributed by atoms with van der Waals surface area (Å²) in [5.74, 6) is -0.0879. The first-order chi connectivity index (χ1) is 15.9. The zero-order valence-electron chi connectivity index (χ0n) is 19.2. The van der Waals surface area contributed by atoms with Gasteiger partial charge in [0.05, 0.1) is 22.7 Å². The molecule has 1 amide bonds. The van der Waals surface area contributed by atoms with E-state index in [-0.39, 0.29) is 28.6 Å². The van der Waals surface area contributed by atoms with Gasteiger partial charge in [0.1, 0.15) is 0 Å². The number of sulfonamides is 1. The monoisotopic (exact) mass is 472 g/mol. The number of piperidine rings is 1. The molecule has 2 atom stereocenters. The van der Waals surface area contributed by atoms with Crippen LogP contribution in [-0.2, 0) is 19.5 Å². The Morgan fingerprint density at radius 1 is 1.12 bits per heavy atom. The van der Waals surface area contributed by atoms with E-state index in [1.165, 1.54) is 19.2 Å². The van der Waals surface area contributed by atoms with Gasteiger partial charge in [-0.05, 0) is 56.6 Å². The van der Waals surface area contributed by atoms with Crippen molar-refractivity contribution in [3.63, 3.8) is 0 Å². The number of rotatable bonds is 6.